The molecule has 0 radical (unpaired) electrons. The minimum atomic E-state index is -0.142. The van der Waals surface area contributed by atoms with Crippen LogP contribution in [0.5, 0.6) is 0 Å². The van der Waals surface area contributed by atoms with Crippen LogP contribution in [0.1, 0.15) is 30.6 Å². The van der Waals surface area contributed by atoms with Gasteiger partial charge in [0.05, 0.1) is 11.3 Å². The highest BCUT2D eigenvalue weighted by Crippen LogP contribution is 2.28. The average molecular weight is 325 g/mol. The van der Waals surface area contributed by atoms with Crippen LogP contribution in [-0.4, -0.2) is 29.2 Å². The Kier molecular flexibility index (Phi) is 4.24. The minimum absolute atomic E-state index is 0.0478. The van der Waals surface area contributed by atoms with Crippen molar-refractivity contribution in [1.29, 1.82) is 0 Å². The summed E-state index contributed by atoms with van der Waals surface area (Å²) in [5.74, 6) is -0.0944. The molecule has 4 nitrogen and oxygen atoms in total. The van der Waals surface area contributed by atoms with E-state index in [1.54, 1.807) is 11.0 Å². The van der Waals surface area contributed by atoms with E-state index >= 15 is 0 Å². The van der Waals surface area contributed by atoms with Crippen molar-refractivity contribution in [3.8, 4) is 0 Å². The fraction of sp³-hybridized carbons (Fsp3) is 0.429. The first-order chi connectivity index (χ1) is 8.99. The summed E-state index contributed by atoms with van der Waals surface area (Å²) in [6.45, 7) is 4.43. The van der Waals surface area contributed by atoms with Gasteiger partial charge >= 0.3 is 0 Å². The number of para-hydroxylation sites is 1. The van der Waals surface area contributed by atoms with E-state index in [4.69, 9.17) is 0 Å². The Morgan fingerprint density at radius 3 is 2.68 bits per heavy atom. The third kappa shape index (κ3) is 3.15. The summed E-state index contributed by atoms with van der Waals surface area (Å²) in [6.07, 6.45) is 0.472. The second-order valence-corrected chi connectivity index (χ2v) is 6.25. The van der Waals surface area contributed by atoms with Crippen LogP contribution in [0.2, 0.25) is 0 Å². The third-order valence-electron chi connectivity index (χ3n) is 2.94. The predicted molar refractivity (Wildman–Crippen MR) is 78.7 cm³/mol. The van der Waals surface area contributed by atoms with Gasteiger partial charge in [-0.25, -0.2) is 0 Å². The number of anilines is 1. The fourth-order valence-electron chi connectivity index (χ4n) is 2.14. The molecule has 0 saturated carbocycles. The number of carbonyl (C=O) groups excluding carboxylic acids is 2. The zero-order chi connectivity index (χ0) is 14.0. The number of nitrogens with one attached hydrogen (secondary N) is 1. The maximum absolute atomic E-state index is 12.2. The van der Waals surface area contributed by atoms with Crippen molar-refractivity contribution in [2.45, 2.75) is 31.1 Å². The lowest BCUT2D eigenvalue weighted by molar-refractivity contribution is -0.117. The lowest BCUT2D eigenvalue weighted by atomic mass is 10.1. The Hall–Kier alpha value is -1.36. The van der Waals surface area contributed by atoms with Crippen molar-refractivity contribution in [3.63, 3.8) is 0 Å². The zero-order valence-electron chi connectivity index (χ0n) is 11.0. The van der Waals surface area contributed by atoms with Crippen molar-refractivity contribution in [2.75, 3.05) is 11.4 Å². The van der Waals surface area contributed by atoms with Crippen LogP contribution in [0.3, 0.4) is 0 Å². The maximum Gasteiger partial charge on any atom is 0.253 e. The van der Waals surface area contributed by atoms with E-state index in [0.717, 1.165) is 0 Å². The fourth-order valence-corrected chi connectivity index (χ4v) is 2.70. The molecule has 1 saturated heterocycles. The van der Waals surface area contributed by atoms with Gasteiger partial charge < -0.3 is 10.2 Å². The van der Waals surface area contributed by atoms with Crippen LogP contribution in [-0.2, 0) is 4.79 Å². The van der Waals surface area contributed by atoms with E-state index in [1.807, 2.05) is 32.0 Å². The van der Waals surface area contributed by atoms with E-state index < -0.39 is 0 Å². The first kappa shape index (κ1) is 14.1. The largest absolute Gasteiger partial charge is 0.350 e. The molecule has 1 aliphatic rings. The van der Waals surface area contributed by atoms with E-state index in [2.05, 4.69) is 21.2 Å². The van der Waals surface area contributed by atoms with E-state index in [9.17, 15) is 9.59 Å². The first-order valence-corrected chi connectivity index (χ1v) is 7.25. The highest BCUT2D eigenvalue weighted by molar-refractivity contribution is 9.09. The monoisotopic (exact) mass is 324 g/mol. The van der Waals surface area contributed by atoms with Crippen molar-refractivity contribution < 1.29 is 9.59 Å². The summed E-state index contributed by atoms with van der Waals surface area (Å²) in [5, 5.41) is 2.86. The van der Waals surface area contributed by atoms with Gasteiger partial charge in [-0.1, -0.05) is 28.1 Å². The number of benzene rings is 1. The lowest BCUT2D eigenvalue weighted by Crippen LogP contribution is -2.33. The van der Waals surface area contributed by atoms with Crippen molar-refractivity contribution >= 4 is 33.4 Å². The molecule has 0 spiro atoms. The molecule has 2 rings (SSSR count). The standard InChI is InChI=1S/C14H17BrN2O2/c1-9(2)16-14(19)11-5-3-4-6-12(11)17-8-10(15)7-13(17)18/h3-6,9-10H,7-8H2,1-2H3,(H,16,19). The normalized spacial score (nSPS) is 19.1. The topological polar surface area (TPSA) is 49.4 Å². The zero-order valence-corrected chi connectivity index (χ0v) is 12.6. The third-order valence-corrected chi connectivity index (χ3v) is 3.55. The number of hydrogen-bond acceptors (Lipinski definition) is 2. The number of alkyl halides is 1. The average Bonchev–Trinajstić information content (AvgIpc) is 2.67. The summed E-state index contributed by atoms with van der Waals surface area (Å²) < 4.78 is 0. The van der Waals surface area contributed by atoms with Gasteiger partial charge in [0, 0.05) is 23.8 Å². The number of amides is 2. The Morgan fingerprint density at radius 1 is 1.42 bits per heavy atom. The Morgan fingerprint density at radius 2 is 2.11 bits per heavy atom. The number of halogens is 1. The van der Waals surface area contributed by atoms with E-state index in [-0.39, 0.29) is 22.7 Å². The molecule has 19 heavy (non-hydrogen) atoms. The van der Waals surface area contributed by atoms with Crippen molar-refractivity contribution in [3.05, 3.63) is 29.8 Å². The molecule has 0 aliphatic carbocycles. The SMILES string of the molecule is CC(C)NC(=O)c1ccccc1N1CC(Br)CC1=O. The maximum atomic E-state index is 12.2. The van der Waals surface area contributed by atoms with Crippen LogP contribution < -0.4 is 10.2 Å². The molecule has 0 aromatic heterocycles. The van der Waals surface area contributed by atoms with Gasteiger partial charge in [-0.05, 0) is 26.0 Å². The number of hydrogen-bond donors (Lipinski definition) is 1. The molecular weight excluding hydrogens is 308 g/mol. The van der Waals surface area contributed by atoms with Crippen LogP contribution in [0.25, 0.3) is 0 Å². The lowest BCUT2D eigenvalue weighted by Gasteiger charge is -2.20. The summed E-state index contributed by atoms with van der Waals surface area (Å²) in [5.41, 5.74) is 1.23. The molecule has 2 amide bonds. The molecule has 5 heteroatoms. The molecule has 1 N–H and O–H groups in total. The summed E-state index contributed by atoms with van der Waals surface area (Å²) in [7, 11) is 0. The van der Waals surface area contributed by atoms with Crippen LogP contribution >= 0.6 is 15.9 Å². The van der Waals surface area contributed by atoms with Crippen LogP contribution in [0, 0.1) is 0 Å². The second kappa shape index (κ2) is 5.74. The molecule has 1 unspecified atom stereocenters. The molecule has 102 valence electrons. The van der Waals surface area contributed by atoms with Crippen LogP contribution in [0.4, 0.5) is 5.69 Å². The predicted octanol–water partition coefficient (Wildman–Crippen LogP) is 2.33. The first-order valence-electron chi connectivity index (χ1n) is 6.33. The number of carbonyl (C=O) groups is 2. The Labute approximate surface area is 121 Å². The van der Waals surface area contributed by atoms with Gasteiger partial charge in [-0.3, -0.25) is 9.59 Å². The summed E-state index contributed by atoms with van der Waals surface area (Å²) in [6, 6.07) is 7.29. The summed E-state index contributed by atoms with van der Waals surface area (Å²) in [4.78, 5) is 25.9. The van der Waals surface area contributed by atoms with Gasteiger partial charge in [0.2, 0.25) is 5.91 Å². The molecule has 1 aliphatic heterocycles. The van der Waals surface area contributed by atoms with Crippen molar-refractivity contribution in [2.24, 2.45) is 0 Å². The van der Waals surface area contributed by atoms with Crippen molar-refractivity contribution in [1.82, 2.24) is 5.32 Å². The number of rotatable bonds is 3. The molecule has 1 aromatic carbocycles. The highest BCUT2D eigenvalue weighted by Gasteiger charge is 2.31. The Bertz CT molecular complexity index is 502. The van der Waals surface area contributed by atoms with E-state index in [0.29, 0.717) is 24.2 Å². The van der Waals surface area contributed by atoms with Crippen LogP contribution in [0.15, 0.2) is 24.3 Å². The van der Waals surface area contributed by atoms with Gasteiger partial charge in [-0.15, -0.1) is 0 Å². The minimum Gasteiger partial charge on any atom is -0.350 e. The molecule has 1 atom stereocenters. The van der Waals surface area contributed by atoms with Gasteiger partial charge in [0.1, 0.15) is 0 Å². The quantitative estimate of drug-likeness (QED) is 0.867. The molecular formula is C14H17BrN2O2. The second-order valence-electron chi connectivity index (χ2n) is 4.95. The molecule has 1 heterocycles. The van der Waals surface area contributed by atoms with Gasteiger partial charge in [0.15, 0.2) is 0 Å². The molecule has 1 fully saturated rings. The highest BCUT2D eigenvalue weighted by atomic mass is 79.9. The number of nitrogens with zero attached hydrogens (tertiary/aromatic N) is 1. The van der Waals surface area contributed by atoms with Gasteiger partial charge in [-0.2, -0.15) is 0 Å². The smallest absolute Gasteiger partial charge is 0.253 e. The van der Waals surface area contributed by atoms with E-state index in [1.165, 1.54) is 0 Å². The van der Waals surface area contributed by atoms with Gasteiger partial charge in [0.25, 0.3) is 5.91 Å². The Balaban J connectivity index is 2.31. The molecule has 1 aromatic rings. The summed E-state index contributed by atoms with van der Waals surface area (Å²) >= 11 is 3.46. The molecule has 0 bridgehead atoms.